The van der Waals surface area contributed by atoms with Gasteiger partial charge in [-0.05, 0) is 47.5 Å². The summed E-state index contributed by atoms with van der Waals surface area (Å²) in [7, 11) is 0. The molecule has 1 aliphatic rings. The molecule has 0 spiro atoms. The zero-order valence-corrected chi connectivity index (χ0v) is 14.4. The minimum absolute atomic E-state index is 0.0665. The molecule has 0 bridgehead atoms. The number of carbonyl (C=O) groups excluding carboxylic acids is 2. The van der Waals surface area contributed by atoms with Crippen molar-refractivity contribution in [1.29, 1.82) is 0 Å². The highest BCUT2D eigenvalue weighted by molar-refractivity contribution is 7.10. The number of fused-ring (bicyclic) bond motifs is 1. The second-order valence-corrected chi connectivity index (χ2v) is 6.89. The first-order valence-corrected chi connectivity index (χ1v) is 8.97. The number of hydrogen-bond acceptors (Lipinski definition) is 3. The molecule has 0 aliphatic carbocycles. The summed E-state index contributed by atoms with van der Waals surface area (Å²) in [4.78, 5) is 27.2. The number of hydrogen-bond donors (Lipinski definition) is 2. The second-order valence-electron chi connectivity index (χ2n) is 5.89. The van der Waals surface area contributed by atoms with Crippen LogP contribution in [0.15, 0.2) is 35.7 Å². The number of primary amides is 1. The molecule has 0 fully saturated rings. The van der Waals surface area contributed by atoms with Gasteiger partial charge in [0.25, 0.3) is 0 Å². The summed E-state index contributed by atoms with van der Waals surface area (Å²) < 4.78 is 0. The zero-order chi connectivity index (χ0) is 17.1. The molecule has 3 N–H and O–H groups in total. The van der Waals surface area contributed by atoms with Crippen molar-refractivity contribution in [3.63, 3.8) is 0 Å². The van der Waals surface area contributed by atoms with Crippen LogP contribution in [0.4, 0.5) is 4.79 Å². The highest BCUT2D eigenvalue weighted by Crippen LogP contribution is 2.35. The molecule has 24 heavy (non-hydrogen) atoms. The Hall–Kier alpha value is -2.34. The fourth-order valence-corrected chi connectivity index (χ4v) is 4.12. The Balaban J connectivity index is 1.67. The van der Waals surface area contributed by atoms with Crippen molar-refractivity contribution in [1.82, 2.24) is 10.2 Å². The third-order valence-corrected chi connectivity index (χ3v) is 5.39. The van der Waals surface area contributed by atoms with Gasteiger partial charge in [-0.25, -0.2) is 4.79 Å². The molecule has 1 aromatic carbocycles. The molecule has 1 aromatic heterocycles. The number of amides is 3. The fourth-order valence-electron chi connectivity index (χ4n) is 3.19. The van der Waals surface area contributed by atoms with Crippen LogP contribution in [0.3, 0.4) is 0 Å². The van der Waals surface area contributed by atoms with Crippen LogP contribution in [0.25, 0.3) is 0 Å². The summed E-state index contributed by atoms with van der Waals surface area (Å²) in [6, 6.07) is 9.23. The molecular formula is C18H21N3O2S. The summed E-state index contributed by atoms with van der Waals surface area (Å²) in [5, 5.41) is 5.06. The van der Waals surface area contributed by atoms with Gasteiger partial charge in [-0.3, -0.25) is 4.79 Å². The van der Waals surface area contributed by atoms with Crippen molar-refractivity contribution in [2.24, 2.45) is 5.73 Å². The molecule has 1 aliphatic heterocycles. The summed E-state index contributed by atoms with van der Waals surface area (Å²) in [6.45, 7) is 3.22. The lowest BCUT2D eigenvalue weighted by Gasteiger charge is -2.35. The predicted octanol–water partition coefficient (Wildman–Crippen LogP) is 3.07. The Bertz CT molecular complexity index is 756. The molecule has 0 saturated heterocycles. The molecule has 0 radical (unpaired) electrons. The number of urea groups is 1. The average Bonchev–Trinajstić information content (AvgIpc) is 3.07. The van der Waals surface area contributed by atoms with Crippen molar-refractivity contribution in [3.05, 3.63) is 57.3 Å². The smallest absolute Gasteiger partial charge is 0.318 e. The summed E-state index contributed by atoms with van der Waals surface area (Å²) in [5.74, 6) is -0.463. The van der Waals surface area contributed by atoms with E-state index in [0.717, 1.165) is 24.9 Å². The van der Waals surface area contributed by atoms with Crippen molar-refractivity contribution >= 4 is 23.3 Å². The van der Waals surface area contributed by atoms with Gasteiger partial charge in [0.15, 0.2) is 0 Å². The van der Waals surface area contributed by atoms with Crippen LogP contribution in [0, 0.1) is 0 Å². The lowest BCUT2D eigenvalue weighted by Crippen LogP contribution is -2.44. The van der Waals surface area contributed by atoms with E-state index in [1.165, 1.54) is 10.4 Å². The Labute approximate surface area is 145 Å². The molecule has 1 atom stereocenters. The third kappa shape index (κ3) is 3.28. The van der Waals surface area contributed by atoms with Gasteiger partial charge in [0.05, 0.1) is 6.04 Å². The maximum Gasteiger partial charge on any atom is 0.318 e. The number of nitrogens with one attached hydrogen (secondary N) is 1. The number of benzene rings is 1. The van der Waals surface area contributed by atoms with E-state index in [2.05, 4.69) is 23.7 Å². The van der Waals surface area contributed by atoms with Gasteiger partial charge >= 0.3 is 6.03 Å². The molecule has 5 nitrogen and oxygen atoms in total. The van der Waals surface area contributed by atoms with E-state index in [1.807, 2.05) is 11.0 Å². The van der Waals surface area contributed by atoms with Crippen LogP contribution in [0.2, 0.25) is 0 Å². The molecule has 2 heterocycles. The van der Waals surface area contributed by atoms with Gasteiger partial charge in [-0.2, -0.15) is 0 Å². The highest BCUT2D eigenvalue weighted by atomic mass is 32.1. The van der Waals surface area contributed by atoms with Crippen molar-refractivity contribution in [3.8, 4) is 0 Å². The Kier molecular flexibility index (Phi) is 4.85. The summed E-state index contributed by atoms with van der Waals surface area (Å²) in [5.41, 5.74) is 7.89. The Morgan fingerprint density at radius 3 is 2.96 bits per heavy atom. The maximum atomic E-state index is 12.6. The maximum absolute atomic E-state index is 12.6. The van der Waals surface area contributed by atoms with E-state index in [0.29, 0.717) is 12.1 Å². The SMILES string of the molecule is CC[C@@H]1c2ccsc2CCN1C(=O)NCc1cccc(C(N)=O)c1. The average molecular weight is 343 g/mol. The largest absolute Gasteiger partial charge is 0.366 e. The predicted molar refractivity (Wildman–Crippen MR) is 95.0 cm³/mol. The lowest BCUT2D eigenvalue weighted by molar-refractivity contribution is 0.1000. The monoisotopic (exact) mass is 343 g/mol. The lowest BCUT2D eigenvalue weighted by atomic mass is 9.98. The first kappa shape index (κ1) is 16.5. The first-order valence-electron chi connectivity index (χ1n) is 8.09. The molecule has 126 valence electrons. The molecule has 2 aromatic rings. The minimum Gasteiger partial charge on any atom is -0.366 e. The second kappa shape index (κ2) is 7.05. The fraction of sp³-hybridized carbons (Fsp3) is 0.333. The molecule has 0 unspecified atom stereocenters. The van der Waals surface area contributed by atoms with Crippen molar-refractivity contribution in [2.75, 3.05) is 6.54 Å². The van der Waals surface area contributed by atoms with Gasteiger partial charge in [0, 0.05) is 23.5 Å². The molecule has 0 saturated carbocycles. The minimum atomic E-state index is -0.463. The Morgan fingerprint density at radius 1 is 1.38 bits per heavy atom. The van der Waals surface area contributed by atoms with E-state index in [4.69, 9.17) is 5.73 Å². The number of thiophene rings is 1. The van der Waals surface area contributed by atoms with Crippen molar-refractivity contribution in [2.45, 2.75) is 32.4 Å². The van der Waals surface area contributed by atoms with Gasteiger partial charge in [-0.15, -0.1) is 11.3 Å². The summed E-state index contributed by atoms with van der Waals surface area (Å²) >= 11 is 1.77. The van der Waals surface area contributed by atoms with Crippen LogP contribution in [-0.4, -0.2) is 23.4 Å². The zero-order valence-electron chi connectivity index (χ0n) is 13.6. The van der Waals surface area contributed by atoms with Crippen molar-refractivity contribution < 1.29 is 9.59 Å². The van der Waals surface area contributed by atoms with Crippen LogP contribution in [-0.2, 0) is 13.0 Å². The number of nitrogens with zero attached hydrogens (tertiary/aromatic N) is 1. The number of rotatable bonds is 4. The van der Waals surface area contributed by atoms with Crippen LogP contribution >= 0.6 is 11.3 Å². The van der Waals surface area contributed by atoms with E-state index >= 15 is 0 Å². The van der Waals surface area contributed by atoms with E-state index in [-0.39, 0.29) is 12.1 Å². The topological polar surface area (TPSA) is 75.4 Å². The highest BCUT2D eigenvalue weighted by Gasteiger charge is 2.30. The van der Waals surface area contributed by atoms with Gasteiger partial charge in [0.1, 0.15) is 0 Å². The Morgan fingerprint density at radius 2 is 2.21 bits per heavy atom. The van der Waals surface area contributed by atoms with E-state index in [1.54, 1.807) is 29.5 Å². The first-order chi connectivity index (χ1) is 11.6. The number of carbonyl (C=O) groups is 2. The molecule has 6 heteroatoms. The molecular weight excluding hydrogens is 322 g/mol. The van der Waals surface area contributed by atoms with Gasteiger partial charge < -0.3 is 16.0 Å². The normalized spacial score (nSPS) is 16.5. The standard InChI is InChI=1S/C18H21N3O2S/c1-2-15-14-7-9-24-16(14)6-8-21(15)18(23)20-11-12-4-3-5-13(10-12)17(19)22/h3-5,7,9-10,15H,2,6,8,11H2,1H3,(H2,19,22)(H,20,23)/t15-/m1/s1. The summed E-state index contributed by atoms with van der Waals surface area (Å²) in [6.07, 6.45) is 1.81. The van der Waals surface area contributed by atoms with Crippen LogP contribution in [0.5, 0.6) is 0 Å². The van der Waals surface area contributed by atoms with Crippen LogP contribution < -0.4 is 11.1 Å². The molecule has 3 rings (SSSR count). The van der Waals surface area contributed by atoms with E-state index in [9.17, 15) is 9.59 Å². The van der Waals surface area contributed by atoms with Crippen LogP contribution in [0.1, 0.15) is 45.7 Å². The molecule has 3 amide bonds. The third-order valence-electron chi connectivity index (χ3n) is 4.40. The number of nitrogens with two attached hydrogens (primary N) is 1. The van der Waals surface area contributed by atoms with Gasteiger partial charge in [-0.1, -0.05) is 19.1 Å². The quantitative estimate of drug-likeness (QED) is 0.895. The van der Waals surface area contributed by atoms with Gasteiger partial charge in [0.2, 0.25) is 5.91 Å². The van der Waals surface area contributed by atoms with E-state index < -0.39 is 5.91 Å².